The summed E-state index contributed by atoms with van der Waals surface area (Å²) in [6.45, 7) is 0. The highest BCUT2D eigenvalue weighted by Crippen LogP contribution is 2.49. The molecule has 2 aromatic rings. The van der Waals surface area contributed by atoms with Crippen molar-refractivity contribution < 1.29 is 4.79 Å². The van der Waals surface area contributed by atoms with Crippen LogP contribution in [-0.4, -0.2) is 15.9 Å². The van der Waals surface area contributed by atoms with Gasteiger partial charge in [-0.1, -0.05) is 23.7 Å². The van der Waals surface area contributed by atoms with Crippen LogP contribution < -0.4 is 5.32 Å². The number of nitrogens with one attached hydrogen (secondary N) is 1. The first kappa shape index (κ1) is 12.1. The molecule has 1 aromatic heterocycles. The van der Waals surface area contributed by atoms with Crippen molar-refractivity contribution in [3.63, 3.8) is 0 Å². The monoisotopic (exact) mass is 273 g/mol. The molecule has 1 N–H and O–H groups in total. The predicted molar refractivity (Wildman–Crippen MR) is 73.0 cm³/mol. The van der Waals surface area contributed by atoms with Crippen LogP contribution in [0.1, 0.15) is 18.4 Å². The smallest absolute Gasteiger partial charge is 0.236 e. The second-order valence-electron chi connectivity index (χ2n) is 4.64. The molecule has 0 radical (unpaired) electrons. The highest BCUT2D eigenvalue weighted by Gasteiger charge is 2.51. The third-order valence-electron chi connectivity index (χ3n) is 3.37. The minimum Gasteiger partial charge on any atom is -0.309 e. The molecule has 0 atom stereocenters. The predicted octanol–water partition coefficient (Wildman–Crippen LogP) is 2.80. The van der Waals surface area contributed by atoms with Gasteiger partial charge in [-0.05, 0) is 30.5 Å². The summed E-state index contributed by atoms with van der Waals surface area (Å²) in [6.07, 6.45) is 6.32. The summed E-state index contributed by atoms with van der Waals surface area (Å²) in [7, 11) is 0. The number of aromatic nitrogens is 2. The zero-order valence-electron chi connectivity index (χ0n) is 10.1. The first-order valence-corrected chi connectivity index (χ1v) is 6.42. The summed E-state index contributed by atoms with van der Waals surface area (Å²) in [4.78, 5) is 20.4. The van der Waals surface area contributed by atoms with Crippen LogP contribution in [0.15, 0.2) is 42.9 Å². The minimum atomic E-state index is -0.456. The van der Waals surface area contributed by atoms with Crippen LogP contribution in [0.25, 0.3) is 0 Å². The van der Waals surface area contributed by atoms with E-state index >= 15 is 0 Å². The van der Waals surface area contributed by atoms with Gasteiger partial charge in [0.1, 0.15) is 0 Å². The van der Waals surface area contributed by atoms with Gasteiger partial charge in [0.05, 0.1) is 11.6 Å². The van der Waals surface area contributed by atoms with Gasteiger partial charge in [-0.2, -0.15) is 0 Å². The Morgan fingerprint density at radius 1 is 1.32 bits per heavy atom. The van der Waals surface area contributed by atoms with Crippen LogP contribution in [0, 0.1) is 0 Å². The van der Waals surface area contributed by atoms with Crippen LogP contribution in [0.3, 0.4) is 0 Å². The Balaban J connectivity index is 1.83. The molecule has 1 amide bonds. The maximum atomic E-state index is 12.4. The maximum absolute atomic E-state index is 12.4. The Labute approximate surface area is 115 Å². The quantitative estimate of drug-likeness (QED) is 0.936. The number of rotatable bonds is 3. The summed E-state index contributed by atoms with van der Waals surface area (Å²) in [6, 6.07) is 7.47. The largest absolute Gasteiger partial charge is 0.309 e. The topological polar surface area (TPSA) is 54.9 Å². The van der Waals surface area contributed by atoms with E-state index < -0.39 is 5.41 Å². The number of anilines is 1. The van der Waals surface area contributed by atoms with Crippen LogP contribution in [-0.2, 0) is 10.2 Å². The zero-order valence-corrected chi connectivity index (χ0v) is 10.9. The normalized spacial score (nSPS) is 15.8. The molecule has 4 nitrogen and oxygen atoms in total. The molecular weight excluding hydrogens is 262 g/mol. The van der Waals surface area contributed by atoms with E-state index in [1.165, 1.54) is 6.20 Å². The maximum Gasteiger partial charge on any atom is 0.236 e. The standard InChI is InChI=1S/C14H12ClN3O/c15-11-3-1-2-10(8-11)14(4-5-14)13(19)18-12-9-16-6-7-17-12/h1-3,6-9H,4-5H2,(H,17,18,19). The highest BCUT2D eigenvalue weighted by atomic mass is 35.5. The number of halogens is 1. The average Bonchev–Trinajstić information content (AvgIpc) is 3.21. The Kier molecular flexibility index (Phi) is 2.95. The fraction of sp³-hybridized carbons (Fsp3) is 0.214. The van der Waals surface area contributed by atoms with Gasteiger partial charge < -0.3 is 5.32 Å². The van der Waals surface area contributed by atoms with Gasteiger partial charge in [-0.25, -0.2) is 4.98 Å². The molecule has 1 aromatic carbocycles. The van der Waals surface area contributed by atoms with E-state index in [2.05, 4.69) is 15.3 Å². The molecule has 19 heavy (non-hydrogen) atoms. The van der Waals surface area contributed by atoms with E-state index in [-0.39, 0.29) is 5.91 Å². The lowest BCUT2D eigenvalue weighted by Crippen LogP contribution is -2.28. The second kappa shape index (κ2) is 4.63. The summed E-state index contributed by atoms with van der Waals surface area (Å²) in [5, 5.41) is 3.46. The number of hydrogen-bond donors (Lipinski definition) is 1. The molecule has 1 aliphatic rings. The molecule has 1 heterocycles. The molecule has 1 saturated carbocycles. The van der Waals surface area contributed by atoms with E-state index in [0.29, 0.717) is 10.8 Å². The van der Waals surface area contributed by atoms with E-state index in [0.717, 1.165) is 18.4 Å². The first-order chi connectivity index (χ1) is 9.21. The van der Waals surface area contributed by atoms with Crippen LogP contribution >= 0.6 is 11.6 Å². The molecule has 96 valence electrons. The van der Waals surface area contributed by atoms with Gasteiger partial charge in [0.25, 0.3) is 0 Å². The fourth-order valence-electron chi connectivity index (χ4n) is 2.16. The van der Waals surface area contributed by atoms with Crippen LogP contribution in [0.5, 0.6) is 0 Å². The fourth-order valence-corrected chi connectivity index (χ4v) is 2.35. The van der Waals surface area contributed by atoms with Gasteiger partial charge in [0.2, 0.25) is 5.91 Å². The van der Waals surface area contributed by atoms with E-state index in [4.69, 9.17) is 11.6 Å². The minimum absolute atomic E-state index is 0.0460. The van der Waals surface area contributed by atoms with Gasteiger partial charge in [0.15, 0.2) is 5.82 Å². The molecule has 0 saturated heterocycles. The number of nitrogens with zero attached hydrogens (tertiary/aromatic N) is 2. The van der Waals surface area contributed by atoms with Gasteiger partial charge in [-0.15, -0.1) is 0 Å². The highest BCUT2D eigenvalue weighted by molar-refractivity contribution is 6.30. The zero-order chi connectivity index (χ0) is 13.3. The molecule has 1 fully saturated rings. The molecule has 1 aliphatic carbocycles. The molecule has 0 spiro atoms. The van der Waals surface area contributed by atoms with Gasteiger partial charge in [-0.3, -0.25) is 9.78 Å². The lowest BCUT2D eigenvalue weighted by atomic mass is 9.95. The summed E-state index contributed by atoms with van der Waals surface area (Å²) in [5.74, 6) is 0.427. The Morgan fingerprint density at radius 3 is 2.79 bits per heavy atom. The SMILES string of the molecule is O=C(Nc1cnccn1)C1(c2cccc(Cl)c2)CC1. The molecule has 0 unspecified atom stereocenters. The number of carbonyl (C=O) groups excluding carboxylic acids is 1. The Hall–Kier alpha value is -1.94. The number of hydrogen-bond acceptors (Lipinski definition) is 3. The third-order valence-corrected chi connectivity index (χ3v) is 3.60. The summed E-state index contributed by atoms with van der Waals surface area (Å²) >= 11 is 5.99. The first-order valence-electron chi connectivity index (χ1n) is 6.04. The second-order valence-corrected chi connectivity index (χ2v) is 5.07. The lowest BCUT2D eigenvalue weighted by Gasteiger charge is -2.15. The molecule has 5 heteroatoms. The number of amides is 1. The molecule has 3 rings (SSSR count). The van der Waals surface area contributed by atoms with Crippen LogP contribution in [0.4, 0.5) is 5.82 Å². The summed E-state index contributed by atoms with van der Waals surface area (Å²) in [5.41, 5.74) is 0.504. The number of carbonyl (C=O) groups is 1. The van der Waals surface area contributed by atoms with Crippen molar-refractivity contribution in [2.45, 2.75) is 18.3 Å². The van der Waals surface area contributed by atoms with E-state index in [9.17, 15) is 4.79 Å². The third kappa shape index (κ3) is 2.31. The van der Waals surface area contributed by atoms with Crippen molar-refractivity contribution in [2.24, 2.45) is 0 Å². The van der Waals surface area contributed by atoms with Crippen molar-refractivity contribution in [2.75, 3.05) is 5.32 Å². The number of benzene rings is 1. The molecule has 0 aliphatic heterocycles. The lowest BCUT2D eigenvalue weighted by molar-refractivity contribution is -0.118. The molecular formula is C14H12ClN3O. The van der Waals surface area contributed by atoms with Crippen molar-refractivity contribution in [3.05, 3.63) is 53.4 Å². The van der Waals surface area contributed by atoms with Crippen molar-refractivity contribution >= 4 is 23.3 Å². The molecule has 0 bridgehead atoms. The average molecular weight is 274 g/mol. The van der Waals surface area contributed by atoms with Gasteiger partial charge >= 0.3 is 0 Å². The Bertz CT molecular complexity index is 611. The van der Waals surface area contributed by atoms with Crippen LogP contribution in [0.2, 0.25) is 5.02 Å². The van der Waals surface area contributed by atoms with Gasteiger partial charge in [0, 0.05) is 17.4 Å². The van der Waals surface area contributed by atoms with E-state index in [1.54, 1.807) is 12.4 Å². The van der Waals surface area contributed by atoms with Crippen molar-refractivity contribution in [3.8, 4) is 0 Å². The van der Waals surface area contributed by atoms with E-state index in [1.807, 2.05) is 24.3 Å². The van der Waals surface area contributed by atoms with Crippen molar-refractivity contribution in [1.82, 2.24) is 9.97 Å². The van der Waals surface area contributed by atoms with Crippen molar-refractivity contribution in [1.29, 1.82) is 0 Å². The Morgan fingerprint density at radius 2 is 2.16 bits per heavy atom. The summed E-state index contributed by atoms with van der Waals surface area (Å²) < 4.78 is 0.